The first kappa shape index (κ1) is 17.2. The molecule has 2 aliphatic heterocycles. The highest BCUT2D eigenvalue weighted by molar-refractivity contribution is 5.77. The molecule has 0 spiro atoms. The van der Waals surface area contributed by atoms with Crippen LogP contribution in [0.15, 0.2) is 24.3 Å². The molecule has 1 aromatic carbocycles. The van der Waals surface area contributed by atoms with E-state index in [0.717, 1.165) is 25.9 Å². The van der Waals surface area contributed by atoms with Crippen molar-refractivity contribution in [3.05, 3.63) is 30.1 Å². The third-order valence-electron chi connectivity index (χ3n) is 5.15. The van der Waals surface area contributed by atoms with Crippen molar-refractivity contribution in [1.29, 1.82) is 0 Å². The van der Waals surface area contributed by atoms with Crippen molar-refractivity contribution in [1.82, 2.24) is 9.80 Å². The number of benzene rings is 1. The quantitative estimate of drug-likeness (QED) is 0.848. The van der Waals surface area contributed by atoms with E-state index in [-0.39, 0.29) is 18.3 Å². The Hall–Kier alpha value is -1.62. The molecule has 0 unspecified atom stereocenters. The molecular formula is C19H27FN2O2. The molecule has 5 heteroatoms. The number of carbonyl (C=O) groups is 1. The maximum absolute atomic E-state index is 12.9. The largest absolute Gasteiger partial charge is 0.484 e. The lowest BCUT2D eigenvalue weighted by molar-refractivity contribution is -0.135. The van der Waals surface area contributed by atoms with E-state index in [0.29, 0.717) is 11.8 Å². The number of amides is 1. The number of hydrogen-bond donors (Lipinski definition) is 0. The van der Waals surface area contributed by atoms with Gasteiger partial charge in [0, 0.05) is 19.1 Å². The second-order valence-electron chi connectivity index (χ2n) is 6.80. The maximum atomic E-state index is 12.9. The van der Waals surface area contributed by atoms with Crippen LogP contribution in [0.3, 0.4) is 0 Å². The van der Waals surface area contributed by atoms with Crippen molar-refractivity contribution in [3.63, 3.8) is 0 Å². The van der Waals surface area contributed by atoms with Crippen molar-refractivity contribution < 1.29 is 13.9 Å². The van der Waals surface area contributed by atoms with Crippen molar-refractivity contribution in [2.75, 3.05) is 32.8 Å². The monoisotopic (exact) mass is 334 g/mol. The minimum Gasteiger partial charge on any atom is -0.484 e. The van der Waals surface area contributed by atoms with Gasteiger partial charge in [0.15, 0.2) is 6.61 Å². The van der Waals surface area contributed by atoms with Crippen LogP contribution in [-0.4, -0.2) is 54.5 Å². The molecule has 0 bridgehead atoms. The topological polar surface area (TPSA) is 32.8 Å². The molecule has 132 valence electrons. The minimum atomic E-state index is -0.302. The summed E-state index contributed by atoms with van der Waals surface area (Å²) >= 11 is 0. The van der Waals surface area contributed by atoms with E-state index in [9.17, 15) is 9.18 Å². The lowest BCUT2D eigenvalue weighted by atomic mass is 10.0. The molecule has 0 atom stereocenters. The summed E-state index contributed by atoms with van der Waals surface area (Å²) in [6.07, 6.45) is 7.45. The fraction of sp³-hybridized carbons (Fsp3) is 0.632. The second kappa shape index (κ2) is 8.47. The molecule has 0 N–H and O–H groups in total. The summed E-state index contributed by atoms with van der Waals surface area (Å²) in [5.74, 6) is 0.252. The van der Waals surface area contributed by atoms with Gasteiger partial charge in [0.25, 0.3) is 5.91 Å². The molecule has 4 nitrogen and oxygen atoms in total. The van der Waals surface area contributed by atoms with Crippen LogP contribution in [0.5, 0.6) is 5.75 Å². The second-order valence-corrected chi connectivity index (χ2v) is 6.80. The molecule has 1 aromatic rings. The van der Waals surface area contributed by atoms with Gasteiger partial charge in [0.2, 0.25) is 0 Å². The first-order chi connectivity index (χ1) is 11.7. The van der Waals surface area contributed by atoms with Crippen molar-refractivity contribution in [2.24, 2.45) is 0 Å². The maximum Gasteiger partial charge on any atom is 0.260 e. The van der Waals surface area contributed by atoms with Gasteiger partial charge in [-0.05, 0) is 63.0 Å². The lowest BCUT2D eigenvalue weighted by Gasteiger charge is -2.38. The van der Waals surface area contributed by atoms with Crippen molar-refractivity contribution in [2.45, 2.75) is 44.6 Å². The molecule has 3 rings (SSSR count). The van der Waals surface area contributed by atoms with E-state index in [2.05, 4.69) is 4.90 Å². The zero-order chi connectivity index (χ0) is 16.8. The van der Waals surface area contributed by atoms with Crippen LogP contribution in [-0.2, 0) is 4.79 Å². The summed E-state index contributed by atoms with van der Waals surface area (Å²) in [7, 11) is 0. The van der Waals surface area contributed by atoms with E-state index in [1.54, 1.807) is 12.1 Å². The number of ether oxygens (including phenoxy) is 1. The van der Waals surface area contributed by atoms with Gasteiger partial charge in [-0.25, -0.2) is 4.39 Å². The summed E-state index contributed by atoms with van der Waals surface area (Å²) in [6, 6.07) is 6.41. The number of halogens is 1. The van der Waals surface area contributed by atoms with Crippen molar-refractivity contribution >= 4 is 5.91 Å². The molecule has 2 fully saturated rings. The highest BCUT2D eigenvalue weighted by Gasteiger charge is 2.27. The summed E-state index contributed by atoms with van der Waals surface area (Å²) in [5, 5.41) is 0. The van der Waals surface area contributed by atoms with Gasteiger partial charge in [-0.1, -0.05) is 12.8 Å². The van der Waals surface area contributed by atoms with Gasteiger partial charge < -0.3 is 14.5 Å². The summed E-state index contributed by atoms with van der Waals surface area (Å²) in [5.41, 5.74) is 0. The Bertz CT molecular complexity index is 519. The minimum absolute atomic E-state index is 0.0219. The van der Waals surface area contributed by atoms with Crippen LogP contribution in [0.25, 0.3) is 0 Å². The Balaban J connectivity index is 1.42. The standard InChI is InChI=1S/C19H27FN2O2/c20-16-5-7-18(8-6-16)24-15-19(23)22-13-9-17(10-14-22)21-11-3-1-2-4-12-21/h5-8,17H,1-4,9-15H2. The van der Waals surface area contributed by atoms with E-state index < -0.39 is 0 Å². The summed E-state index contributed by atoms with van der Waals surface area (Å²) in [4.78, 5) is 16.8. The Morgan fingerprint density at radius 3 is 2.25 bits per heavy atom. The Morgan fingerprint density at radius 2 is 1.62 bits per heavy atom. The Kier molecular flexibility index (Phi) is 6.07. The highest BCUT2D eigenvalue weighted by atomic mass is 19.1. The Morgan fingerprint density at radius 1 is 1.00 bits per heavy atom. The molecule has 2 saturated heterocycles. The zero-order valence-electron chi connectivity index (χ0n) is 14.3. The van der Waals surface area contributed by atoms with Crippen LogP contribution < -0.4 is 4.74 Å². The molecular weight excluding hydrogens is 307 g/mol. The number of nitrogens with zero attached hydrogens (tertiary/aromatic N) is 2. The van der Waals surface area contributed by atoms with Crippen molar-refractivity contribution in [3.8, 4) is 5.75 Å². The number of piperidine rings is 1. The Labute approximate surface area is 143 Å². The SMILES string of the molecule is O=C(COc1ccc(F)cc1)N1CCC(N2CCCCCC2)CC1. The first-order valence-corrected chi connectivity index (χ1v) is 9.12. The average molecular weight is 334 g/mol. The van der Waals surface area contributed by atoms with Gasteiger partial charge in [-0.2, -0.15) is 0 Å². The fourth-order valence-corrected chi connectivity index (χ4v) is 3.71. The van der Waals surface area contributed by atoms with Gasteiger partial charge in [0.05, 0.1) is 0 Å². The molecule has 0 aliphatic carbocycles. The fourth-order valence-electron chi connectivity index (χ4n) is 3.71. The van der Waals surface area contributed by atoms with Crippen LogP contribution in [0, 0.1) is 5.82 Å². The molecule has 1 amide bonds. The van der Waals surface area contributed by atoms with Crippen LogP contribution in [0.1, 0.15) is 38.5 Å². The highest BCUT2D eigenvalue weighted by Crippen LogP contribution is 2.21. The lowest BCUT2D eigenvalue weighted by Crippen LogP contribution is -2.48. The van der Waals surface area contributed by atoms with Crippen LogP contribution >= 0.6 is 0 Å². The number of rotatable bonds is 4. The molecule has 2 heterocycles. The normalized spacial score (nSPS) is 20.6. The van der Waals surface area contributed by atoms with Crippen LogP contribution in [0.4, 0.5) is 4.39 Å². The third-order valence-corrected chi connectivity index (χ3v) is 5.15. The predicted molar refractivity (Wildman–Crippen MR) is 91.5 cm³/mol. The van der Waals surface area contributed by atoms with E-state index in [4.69, 9.17) is 4.74 Å². The smallest absolute Gasteiger partial charge is 0.260 e. The zero-order valence-corrected chi connectivity index (χ0v) is 14.3. The predicted octanol–water partition coefficient (Wildman–Crippen LogP) is 3.07. The summed E-state index contributed by atoms with van der Waals surface area (Å²) < 4.78 is 18.3. The first-order valence-electron chi connectivity index (χ1n) is 9.12. The van der Waals surface area contributed by atoms with E-state index >= 15 is 0 Å². The number of likely N-dealkylation sites (tertiary alicyclic amines) is 2. The molecule has 0 aromatic heterocycles. The van der Waals surface area contributed by atoms with Crippen LogP contribution in [0.2, 0.25) is 0 Å². The molecule has 0 saturated carbocycles. The molecule has 0 radical (unpaired) electrons. The van der Waals surface area contributed by atoms with Gasteiger partial charge in [-0.3, -0.25) is 4.79 Å². The van der Waals surface area contributed by atoms with Gasteiger partial charge >= 0.3 is 0 Å². The van der Waals surface area contributed by atoms with E-state index in [1.807, 2.05) is 4.90 Å². The van der Waals surface area contributed by atoms with E-state index in [1.165, 1.54) is 50.9 Å². The molecule has 24 heavy (non-hydrogen) atoms. The molecule has 2 aliphatic rings. The summed E-state index contributed by atoms with van der Waals surface area (Å²) in [6.45, 7) is 4.08. The van der Waals surface area contributed by atoms with Gasteiger partial charge in [0.1, 0.15) is 11.6 Å². The third kappa shape index (κ3) is 4.69. The number of hydrogen-bond acceptors (Lipinski definition) is 3. The van der Waals surface area contributed by atoms with Gasteiger partial charge in [-0.15, -0.1) is 0 Å². The number of carbonyl (C=O) groups excluding carboxylic acids is 1. The average Bonchev–Trinajstić information content (AvgIpc) is 2.90.